The monoisotopic (exact) mass is 492 g/mol. The van der Waals surface area contributed by atoms with Crippen molar-refractivity contribution in [1.29, 1.82) is 0 Å². The van der Waals surface area contributed by atoms with Gasteiger partial charge in [-0.2, -0.15) is 0 Å². The Kier molecular flexibility index (Phi) is 10.8. The second-order valence-corrected chi connectivity index (χ2v) is 10.3. The Balaban J connectivity index is 1.42. The molecule has 1 aromatic rings. The van der Waals surface area contributed by atoms with Crippen molar-refractivity contribution in [1.82, 2.24) is 0 Å². The highest BCUT2D eigenvalue weighted by Crippen LogP contribution is 2.40. The van der Waals surface area contributed by atoms with Gasteiger partial charge >= 0.3 is 0 Å². The second-order valence-electron chi connectivity index (χ2n) is 10.3. The Labute approximate surface area is 210 Å². The van der Waals surface area contributed by atoms with Gasteiger partial charge in [0.1, 0.15) is 18.3 Å². The molecule has 1 N–H and O–H groups in total. The van der Waals surface area contributed by atoms with Gasteiger partial charge in [-0.1, -0.05) is 64.7 Å². The minimum Gasteiger partial charge on any atom is -0.380 e. The molecule has 1 unspecified atom stereocenters. The highest BCUT2D eigenvalue weighted by molar-refractivity contribution is 5.49. The molecule has 2 aliphatic heterocycles. The van der Waals surface area contributed by atoms with E-state index >= 15 is 0 Å². The van der Waals surface area contributed by atoms with E-state index in [-0.39, 0.29) is 30.0 Å². The number of hydrogen-bond acceptors (Lipinski definition) is 7. The lowest BCUT2D eigenvalue weighted by atomic mass is 10.0. The first-order valence-corrected chi connectivity index (χ1v) is 13.4. The molecule has 0 amide bonds. The third-order valence-corrected chi connectivity index (χ3v) is 6.79. The number of ether oxygens (including phenoxy) is 4. The van der Waals surface area contributed by atoms with Gasteiger partial charge in [-0.15, -0.1) is 0 Å². The van der Waals surface area contributed by atoms with Crippen LogP contribution in [0.1, 0.15) is 91.9 Å². The minimum atomic E-state index is -0.691. The third-order valence-electron chi connectivity index (χ3n) is 6.79. The number of nitrogens with one attached hydrogen (secondary N) is 1. The number of nitrogens with zero attached hydrogens (tertiary/aromatic N) is 1. The largest absolute Gasteiger partial charge is 0.380 e. The van der Waals surface area contributed by atoms with E-state index in [9.17, 15) is 10.1 Å². The summed E-state index contributed by atoms with van der Waals surface area (Å²) in [5.41, 5.74) is 0.853. The molecular formula is C27H44N2O6. The molecule has 8 nitrogen and oxygen atoms in total. The average molecular weight is 493 g/mol. The maximum Gasteiger partial charge on any atom is 0.269 e. The van der Waals surface area contributed by atoms with Gasteiger partial charge in [0.2, 0.25) is 0 Å². The van der Waals surface area contributed by atoms with Gasteiger partial charge in [0, 0.05) is 24.4 Å². The van der Waals surface area contributed by atoms with E-state index in [4.69, 9.17) is 18.9 Å². The first kappa shape index (κ1) is 27.8. The second kappa shape index (κ2) is 13.5. The van der Waals surface area contributed by atoms with Crippen LogP contribution in [-0.2, 0) is 18.9 Å². The molecule has 8 heteroatoms. The Bertz CT molecular complexity index is 771. The minimum absolute atomic E-state index is 0.0649. The highest BCUT2D eigenvalue weighted by atomic mass is 16.8. The fourth-order valence-electron chi connectivity index (χ4n) is 4.94. The van der Waals surface area contributed by atoms with Crippen LogP contribution in [0.4, 0.5) is 11.4 Å². The molecule has 2 heterocycles. The summed E-state index contributed by atoms with van der Waals surface area (Å²) in [6.45, 7) is 8.74. The number of anilines is 1. The van der Waals surface area contributed by atoms with E-state index in [1.54, 1.807) is 12.1 Å². The van der Waals surface area contributed by atoms with Gasteiger partial charge in [0.25, 0.3) is 5.69 Å². The molecule has 0 spiro atoms. The fraction of sp³-hybridized carbons (Fsp3) is 0.778. The number of hydrogen-bond donors (Lipinski definition) is 1. The standard InChI is InChI=1S/C27H44N2O6/c1-5-6-7-8-9-10-11-12-13-14-19-32-26-25-24(34-27(3,4)35-25)23(33-26)20(2)28-21-15-17-22(18-16-21)29(30)31/h15-18,20,23-26,28H,5-14,19H2,1-4H3/t20?,23-,24+,25+,26+/m1/s1. The molecule has 0 bridgehead atoms. The summed E-state index contributed by atoms with van der Waals surface area (Å²) in [6, 6.07) is 6.29. The summed E-state index contributed by atoms with van der Waals surface area (Å²) in [5, 5.41) is 14.3. The predicted octanol–water partition coefficient (Wildman–Crippen LogP) is 6.58. The molecular weight excluding hydrogens is 448 g/mol. The zero-order chi connectivity index (χ0) is 25.3. The summed E-state index contributed by atoms with van der Waals surface area (Å²) >= 11 is 0. The summed E-state index contributed by atoms with van der Waals surface area (Å²) in [4.78, 5) is 10.5. The maximum atomic E-state index is 10.9. The van der Waals surface area contributed by atoms with E-state index in [2.05, 4.69) is 12.2 Å². The Hall–Kier alpha value is -1.74. The fourth-order valence-corrected chi connectivity index (χ4v) is 4.94. The number of benzene rings is 1. The number of nitro benzene ring substituents is 1. The van der Waals surface area contributed by atoms with Crippen LogP contribution in [0.25, 0.3) is 0 Å². The number of rotatable bonds is 16. The van der Waals surface area contributed by atoms with Crippen molar-refractivity contribution >= 4 is 11.4 Å². The Morgan fingerprint density at radius 3 is 2.14 bits per heavy atom. The van der Waals surface area contributed by atoms with Crippen molar-refractivity contribution in [2.24, 2.45) is 0 Å². The molecule has 1 aromatic carbocycles. The summed E-state index contributed by atoms with van der Waals surface area (Å²) < 4.78 is 24.7. The zero-order valence-electron chi connectivity index (χ0n) is 21.9. The van der Waals surface area contributed by atoms with E-state index < -0.39 is 17.0 Å². The van der Waals surface area contributed by atoms with Crippen LogP contribution >= 0.6 is 0 Å². The van der Waals surface area contributed by atoms with Crippen LogP contribution in [0.2, 0.25) is 0 Å². The lowest BCUT2D eigenvalue weighted by Gasteiger charge is -2.28. The molecule has 2 saturated heterocycles. The third kappa shape index (κ3) is 8.41. The van der Waals surface area contributed by atoms with Gasteiger partial charge in [-0.05, 0) is 39.3 Å². The molecule has 198 valence electrons. The van der Waals surface area contributed by atoms with E-state index in [0.29, 0.717) is 6.61 Å². The molecule has 0 radical (unpaired) electrons. The van der Waals surface area contributed by atoms with Gasteiger partial charge < -0.3 is 24.3 Å². The van der Waals surface area contributed by atoms with Crippen molar-refractivity contribution in [3.8, 4) is 0 Å². The van der Waals surface area contributed by atoms with Gasteiger partial charge in [-0.25, -0.2) is 0 Å². The van der Waals surface area contributed by atoms with Crippen molar-refractivity contribution in [3.63, 3.8) is 0 Å². The quantitative estimate of drug-likeness (QED) is 0.158. The smallest absolute Gasteiger partial charge is 0.269 e. The lowest BCUT2D eigenvalue weighted by Crippen LogP contribution is -2.41. The predicted molar refractivity (Wildman–Crippen MR) is 136 cm³/mol. The van der Waals surface area contributed by atoms with Crippen molar-refractivity contribution in [2.45, 2.75) is 128 Å². The van der Waals surface area contributed by atoms with Crippen LogP contribution in [-0.4, -0.2) is 48.0 Å². The number of nitro groups is 1. The summed E-state index contributed by atoms with van der Waals surface area (Å²) in [5.74, 6) is -0.691. The molecule has 0 aromatic heterocycles. The van der Waals surface area contributed by atoms with Gasteiger partial charge in [0.05, 0.1) is 11.0 Å². The molecule has 5 atom stereocenters. The molecule has 0 saturated carbocycles. The number of unbranched alkanes of at least 4 members (excludes halogenated alkanes) is 9. The zero-order valence-corrected chi connectivity index (χ0v) is 21.9. The molecule has 35 heavy (non-hydrogen) atoms. The molecule has 2 aliphatic rings. The normalized spacial score (nSPS) is 25.9. The Morgan fingerprint density at radius 2 is 1.54 bits per heavy atom. The maximum absolute atomic E-state index is 10.9. The van der Waals surface area contributed by atoms with Gasteiger partial charge in [-0.3, -0.25) is 10.1 Å². The van der Waals surface area contributed by atoms with E-state index in [1.165, 1.54) is 69.9 Å². The lowest BCUT2D eigenvalue weighted by molar-refractivity contribution is -0.384. The average Bonchev–Trinajstić information content (AvgIpc) is 3.30. The van der Waals surface area contributed by atoms with Gasteiger partial charge in [0.15, 0.2) is 12.1 Å². The van der Waals surface area contributed by atoms with Crippen LogP contribution in [0.15, 0.2) is 24.3 Å². The Morgan fingerprint density at radius 1 is 0.971 bits per heavy atom. The summed E-state index contributed by atoms with van der Waals surface area (Å²) in [7, 11) is 0. The number of fused-ring (bicyclic) bond motifs is 1. The van der Waals surface area contributed by atoms with Crippen molar-refractivity contribution in [3.05, 3.63) is 34.4 Å². The van der Waals surface area contributed by atoms with E-state index in [1.807, 2.05) is 20.8 Å². The first-order chi connectivity index (χ1) is 16.8. The molecule has 0 aliphatic carbocycles. The molecule has 2 fully saturated rings. The highest BCUT2D eigenvalue weighted by Gasteiger charge is 2.57. The summed E-state index contributed by atoms with van der Waals surface area (Å²) in [6.07, 6.45) is 11.6. The van der Waals surface area contributed by atoms with Crippen LogP contribution < -0.4 is 5.32 Å². The first-order valence-electron chi connectivity index (χ1n) is 13.4. The van der Waals surface area contributed by atoms with Crippen LogP contribution in [0.3, 0.4) is 0 Å². The topological polar surface area (TPSA) is 92.1 Å². The number of non-ortho nitro benzene ring substituents is 1. The van der Waals surface area contributed by atoms with Crippen LogP contribution in [0.5, 0.6) is 0 Å². The van der Waals surface area contributed by atoms with Crippen molar-refractivity contribution < 1.29 is 23.9 Å². The van der Waals surface area contributed by atoms with Crippen LogP contribution in [0, 0.1) is 10.1 Å². The van der Waals surface area contributed by atoms with E-state index in [0.717, 1.165) is 12.1 Å². The SMILES string of the molecule is CCCCCCCCCCCCO[C@H]1O[C@H](C(C)Nc2ccc([N+](=O)[O-])cc2)[C@@H]2OC(C)(C)O[C@H]12. The van der Waals surface area contributed by atoms with Crippen molar-refractivity contribution in [2.75, 3.05) is 11.9 Å². The molecule has 3 rings (SSSR count).